The average Bonchev–Trinajstić information content (AvgIpc) is 2.81. The second-order valence-corrected chi connectivity index (χ2v) is 17.4. The zero-order valence-corrected chi connectivity index (χ0v) is 30.8. The summed E-state index contributed by atoms with van der Waals surface area (Å²) < 4.78 is 8.63. The average molecular weight is 778 g/mol. The van der Waals surface area contributed by atoms with Gasteiger partial charge >= 0.3 is 0 Å². The molecule has 0 N–H and O–H groups in total. The summed E-state index contributed by atoms with van der Waals surface area (Å²) in [5, 5.41) is 0.142. The molecule has 3 rings (SSSR count). The van der Waals surface area contributed by atoms with Gasteiger partial charge in [0.1, 0.15) is 5.75 Å². The fourth-order valence-corrected chi connectivity index (χ4v) is 6.70. The van der Waals surface area contributed by atoms with Gasteiger partial charge in [0.2, 0.25) is 0 Å². The molecule has 0 radical (unpaired) electrons. The first-order valence-corrected chi connectivity index (χ1v) is 17.4. The van der Waals surface area contributed by atoms with Crippen molar-refractivity contribution in [3.63, 3.8) is 0 Å². The minimum Gasteiger partial charge on any atom is -0.542 e. The largest absolute Gasteiger partial charge is 0.542 e. The molecule has 0 aliphatic heterocycles. The molecule has 0 bridgehead atoms. The molecule has 0 aliphatic carbocycles. The van der Waals surface area contributed by atoms with E-state index in [4.69, 9.17) is 4.43 Å². The Balaban J connectivity index is 0.00000342. The van der Waals surface area contributed by atoms with Crippen LogP contribution in [0.5, 0.6) is 5.75 Å². The summed E-state index contributed by atoms with van der Waals surface area (Å²) in [4.78, 5) is 0. The minimum atomic E-state index is -1.94. The molecule has 6 heteroatoms. The maximum atomic E-state index is 6.64. The summed E-state index contributed by atoms with van der Waals surface area (Å²) in [7, 11) is -1.94. The van der Waals surface area contributed by atoms with Gasteiger partial charge in [0, 0.05) is 0 Å². The molecule has 0 saturated carbocycles. The third-order valence-electron chi connectivity index (χ3n) is 7.32. The number of aryl methyl sites for hydroxylation is 2. The summed E-state index contributed by atoms with van der Waals surface area (Å²) in [6.45, 7) is 15.9. The van der Waals surface area contributed by atoms with Crippen molar-refractivity contribution in [1.29, 1.82) is 0 Å². The highest BCUT2D eigenvalue weighted by Crippen LogP contribution is 2.44. The number of unbranched alkanes of at least 4 members (excludes halogenated alkanes) is 2. The highest BCUT2D eigenvalue weighted by molar-refractivity contribution is 9.11. The lowest BCUT2D eigenvalue weighted by Crippen LogP contribution is -2.44. The zero-order chi connectivity index (χ0) is 25.8. The zero-order valence-electron chi connectivity index (χ0n) is 23.2. The van der Waals surface area contributed by atoms with Crippen molar-refractivity contribution in [3.8, 4) is 28.0 Å². The van der Waals surface area contributed by atoms with Gasteiger partial charge in [0.05, 0.1) is 8.95 Å². The fraction of sp³-hybridized carbons (Fsp3) is 0.419. The molecule has 1 nitrogen and oxygen atoms in total. The Kier molecular flexibility index (Phi) is 13.9. The molecule has 3 aromatic rings. The normalized spacial score (nSPS) is 11.5. The van der Waals surface area contributed by atoms with E-state index in [1.807, 2.05) is 0 Å². The van der Waals surface area contributed by atoms with Crippen LogP contribution in [-0.2, 0) is 12.8 Å². The predicted molar refractivity (Wildman–Crippen MR) is 184 cm³/mol. The molecule has 0 aliphatic rings. The van der Waals surface area contributed by atoms with Gasteiger partial charge < -0.3 is 4.43 Å². The molecule has 0 amide bonds. The smallest absolute Gasteiger partial charge is 0.250 e. The van der Waals surface area contributed by atoms with E-state index in [0.29, 0.717) is 0 Å². The number of hydrogen-bond donors (Lipinski definition) is 0. The van der Waals surface area contributed by atoms with Gasteiger partial charge in [0.25, 0.3) is 8.32 Å². The maximum absolute atomic E-state index is 6.64. The van der Waals surface area contributed by atoms with Crippen LogP contribution in [0.1, 0.15) is 65.0 Å². The van der Waals surface area contributed by atoms with E-state index in [1.54, 1.807) is 0 Å². The molecule has 204 valence electrons. The molecular formula is C31H42Br4OSi. The van der Waals surface area contributed by atoms with Crippen LogP contribution < -0.4 is 4.43 Å². The minimum absolute atomic E-state index is 0. The Hall–Kier alpha value is -0.403. The Morgan fingerprint density at radius 2 is 1.32 bits per heavy atom. The van der Waals surface area contributed by atoms with Crippen LogP contribution in [0.4, 0.5) is 0 Å². The Labute approximate surface area is 264 Å². The number of benzene rings is 3. The van der Waals surface area contributed by atoms with Gasteiger partial charge in [-0.15, -0.1) is 34.0 Å². The second kappa shape index (κ2) is 14.8. The molecule has 0 aromatic heterocycles. The van der Waals surface area contributed by atoms with Crippen molar-refractivity contribution in [2.75, 3.05) is 0 Å². The van der Waals surface area contributed by atoms with Crippen LogP contribution in [0.15, 0.2) is 63.5 Å². The molecule has 0 unspecified atom stereocenters. The van der Waals surface area contributed by atoms with Gasteiger partial charge in [-0.3, -0.25) is 0 Å². The molecule has 0 heterocycles. The molecule has 3 aromatic carbocycles. The number of halogens is 4. The monoisotopic (exact) mass is 774 g/mol. The van der Waals surface area contributed by atoms with E-state index in [1.165, 1.54) is 59.1 Å². The Morgan fingerprint density at radius 3 is 1.84 bits per heavy atom. The van der Waals surface area contributed by atoms with E-state index < -0.39 is 8.32 Å². The summed E-state index contributed by atoms with van der Waals surface area (Å²) >= 11 is 7.62. The predicted octanol–water partition coefficient (Wildman–Crippen LogP) is 12.4. The Bertz CT molecular complexity index is 1130. The second-order valence-electron chi connectivity index (χ2n) is 11.0. The standard InChI is InChI=1S/C31H40Br2OSi.2BrH/c1-8-10-11-12-22-13-15-24(16-14-22)25-17-18-27(23(9-2)19-25)26-20-28(32)30(29(33)21-26)34-35(6,7)31(3,4)5;;/h13-21H,8-12H2,1-7H3;2*1H. The molecular weight excluding hydrogens is 736 g/mol. The van der Waals surface area contributed by atoms with Gasteiger partial charge in [0.15, 0.2) is 0 Å². The van der Waals surface area contributed by atoms with E-state index in [0.717, 1.165) is 21.1 Å². The van der Waals surface area contributed by atoms with E-state index in [-0.39, 0.29) is 39.0 Å². The number of rotatable bonds is 9. The van der Waals surface area contributed by atoms with Gasteiger partial charge in [-0.2, -0.15) is 0 Å². The van der Waals surface area contributed by atoms with Crippen molar-refractivity contribution in [2.24, 2.45) is 0 Å². The third kappa shape index (κ3) is 8.79. The topological polar surface area (TPSA) is 9.23 Å². The molecule has 37 heavy (non-hydrogen) atoms. The van der Waals surface area contributed by atoms with E-state index >= 15 is 0 Å². The van der Waals surface area contributed by atoms with Crippen LogP contribution in [0, 0.1) is 0 Å². The lowest BCUT2D eigenvalue weighted by atomic mass is 9.93. The molecule has 0 saturated heterocycles. The molecule has 0 atom stereocenters. The van der Waals surface area contributed by atoms with Crippen LogP contribution in [0.25, 0.3) is 22.3 Å². The van der Waals surface area contributed by atoms with Crippen molar-refractivity contribution in [3.05, 3.63) is 74.7 Å². The molecule has 0 fully saturated rings. The quantitative estimate of drug-likeness (QED) is 0.155. The summed E-state index contributed by atoms with van der Waals surface area (Å²) in [5.74, 6) is 0.911. The summed E-state index contributed by atoms with van der Waals surface area (Å²) in [5.41, 5.74) is 7.82. The lowest BCUT2D eigenvalue weighted by Gasteiger charge is -2.37. The van der Waals surface area contributed by atoms with Crippen LogP contribution >= 0.6 is 65.8 Å². The maximum Gasteiger partial charge on any atom is 0.250 e. The lowest BCUT2D eigenvalue weighted by molar-refractivity contribution is 0.487. The third-order valence-corrected chi connectivity index (χ3v) is 12.8. The summed E-state index contributed by atoms with van der Waals surface area (Å²) in [6, 6.07) is 20.4. The summed E-state index contributed by atoms with van der Waals surface area (Å²) in [6.07, 6.45) is 6.00. The van der Waals surface area contributed by atoms with E-state index in [2.05, 4.69) is 134 Å². The highest BCUT2D eigenvalue weighted by Gasteiger charge is 2.39. The molecule has 0 spiro atoms. The first kappa shape index (κ1) is 34.6. The van der Waals surface area contributed by atoms with Crippen LogP contribution in [0.3, 0.4) is 0 Å². The SMILES string of the molecule is Br.Br.CCCCCc1ccc(-c2ccc(-c3cc(Br)c(O[Si](C)(C)C(C)(C)C)c(Br)c3)c(CC)c2)cc1. The first-order chi connectivity index (χ1) is 16.5. The van der Waals surface area contributed by atoms with Crippen molar-refractivity contribution in [1.82, 2.24) is 0 Å². The van der Waals surface area contributed by atoms with Crippen molar-refractivity contribution < 1.29 is 4.43 Å². The van der Waals surface area contributed by atoms with Gasteiger partial charge in [-0.25, -0.2) is 0 Å². The van der Waals surface area contributed by atoms with Crippen molar-refractivity contribution >= 4 is 74.1 Å². The fourth-order valence-electron chi connectivity index (χ4n) is 4.01. The first-order valence-electron chi connectivity index (χ1n) is 12.9. The van der Waals surface area contributed by atoms with Crippen molar-refractivity contribution in [2.45, 2.75) is 84.9 Å². The van der Waals surface area contributed by atoms with Crippen LogP contribution in [0.2, 0.25) is 18.1 Å². The van der Waals surface area contributed by atoms with Gasteiger partial charge in [-0.1, -0.05) is 89.9 Å². The Morgan fingerprint density at radius 1 is 0.757 bits per heavy atom. The van der Waals surface area contributed by atoms with Crippen LogP contribution in [-0.4, -0.2) is 8.32 Å². The number of hydrogen-bond acceptors (Lipinski definition) is 1. The van der Waals surface area contributed by atoms with E-state index in [9.17, 15) is 0 Å². The highest BCUT2D eigenvalue weighted by atomic mass is 79.9. The van der Waals surface area contributed by atoms with Gasteiger partial charge in [-0.05, 0) is 115 Å².